The molecule has 1 atom stereocenters. The topological polar surface area (TPSA) is 28.9 Å². The van der Waals surface area contributed by atoms with Gasteiger partial charge in [0.1, 0.15) is 11.1 Å². The predicted octanol–water partition coefficient (Wildman–Crippen LogP) is 2.94. The van der Waals surface area contributed by atoms with E-state index in [1.807, 2.05) is 30.5 Å². The van der Waals surface area contributed by atoms with Crippen molar-refractivity contribution >= 4 is 11.6 Å². The van der Waals surface area contributed by atoms with Crippen LogP contribution in [0.2, 0.25) is 0 Å². The fraction of sp³-hybridized carbons (Fsp3) is 0.111. The summed E-state index contributed by atoms with van der Waals surface area (Å²) in [5, 5.41) is -0.213. The van der Waals surface area contributed by atoms with Crippen molar-refractivity contribution in [1.82, 2.24) is 4.98 Å². The molecule has 0 radical (unpaired) electrons. The van der Waals surface area contributed by atoms with Crippen LogP contribution in [-0.2, 0) is 0 Å². The highest BCUT2D eigenvalue weighted by Crippen LogP contribution is 2.27. The van der Waals surface area contributed by atoms with Crippen LogP contribution in [0.4, 0.5) is 0 Å². The van der Waals surface area contributed by atoms with E-state index in [2.05, 4.69) is 4.98 Å². The summed E-state index contributed by atoms with van der Waals surface area (Å²) in [4.78, 5) is 3.03. The molecule has 0 bridgehead atoms. The Hall–Kier alpha value is -1.15. The number of hydrogen-bond acceptors (Lipinski definition) is 1. The first-order valence-corrected chi connectivity index (χ1v) is 4.12. The Morgan fingerprint density at radius 2 is 2.25 bits per heavy atom. The zero-order valence-electron chi connectivity index (χ0n) is 6.33. The lowest BCUT2D eigenvalue weighted by molar-refractivity contribution is 0.515. The molecular weight excluding hydrogens is 174 g/mol. The zero-order chi connectivity index (χ0) is 8.39. The molecule has 0 aliphatic carbocycles. The minimum absolute atomic E-state index is 0.213. The summed E-state index contributed by atoms with van der Waals surface area (Å²) < 4.78 is 5.17. The van der Waals surface area contributed by atoms with E-state index < -0.39 is 0 Å². The number of alkyl halides is 1. The number of hydrogen-bond donors (Lipinski definition) is 1. The maximum Gasteiger partial charge on any atom is 0.131 e. The minimum Gasteiger partial charge on any atom is -0.467 e. The van der Waals surface area contributed by atoms with E-state index in [0.29, 0.717) is 0 Å². The van der Waals surface area contributed by atoms with Crippen molar-refractivity contribution in [3.63, 3.8) is 0 Å². The molecule has 0 aliphatic rings. The van der Waals surface area contributed by atoms with Crippen LogP contribution in [0.1, 0.15) is 16.8 Å². The predicted molar refractivity (Wildman–Crippen MR) is 47.2 cm³/mol. The van der Waals surface area contributed by atoms with Gasteiger partial charge in [-0.05, 0) is 24.3 Å². The largest absolute Gasteiger partial charge is 0.467 e. The van der Waals surface area contributed by atoms with E-state index in [1.165, 1.54) is 0 Å². The van der Waals surface area contributed by atoms with Crippen molar-refractivity contribution in [2.24, 2.45) is 0 Å². The third-order valence-electron chi connectivity index (χ3n) is 1.69. The van der Waals surface area contributed by atoms with Gasteiger partial charge in [0, 0.05) is 11.9 Å². The summed E-state index contributed by atoms with van der Waals surface area (Å²) in [6, 6.07) is 7.53. The Bertz CT molecular complexity index is 291. The average Bonchev–Trinajstić information content (AvgIpc) is 2.77. The van der Waals surface area contributed by atoms with Crippen LogP contribution in [0.5, 0.6) is 0 Å². The number of halogens is 1. The van der Waals surface area contributed by atoms with Crippen LogP contribution in [0.15, 0.2) is 41.1 Å². The standard InChI is InChI=1S/C9H8ClNO/c10-9(7-3-1-5-11-7)8-4-2-6-12-8/h1-6,9,11H. The van der Waals surface area contributed by atoms with Gasteiger partial charge in [0.25, 0.3) is 0 Å². The second-order valence-electron chi connectivity index (χ2n) is 2.50. The normalized spacial score (nSPS) is 13.1. The van der Waals surface area contributed by atoms with Crippen LogP contribution >= 0.6 is 11.6 Å². The molecular formula is C9H8ClNO. The zero-order valence-corrected chi connectivity index (χ0v) is 7.08. The molecule has 62 valence electrons. The number of H-pyrrole nitrogens is 1. The van der Waals surface area contributed by atoms with Gasteiger partial charge in [-0.2, -0.15) is 0 Å². The van der Waals surface area contributed by atoms with Crippen LogP contribution in [0.3, 0.4) is 0 Å². The maximum absolute atomic E-state index is 6.09. The van der Waals surface area contributed by atoms with Gasteiger partial charge in [0.15, 0.2) is 0 Å². The number of rotatable bonds is 2. The molecule has 2 aromatic heterocycles. The quantitative estimate of drug-likeness (QED) is 0.710. The Balaban J connectivity index is 2.27. The smallest absolute Gasteiger partial charge is 0.131 e. The van der Waals surface area contributed by atoms with Crippen LogP contribution < -0.4 is 0 Å². The summed E-state index contributed by atoms with van der Waals surface area (Å²) in [6.45, 7) is 0. The highest BCUT2D eigenvalue weighted by atomic mass is 35.5. The van der Waals surface area contributed by atoms with Gasteiger partial charge in [-0.3, -0.25) is 0 Å². The van der Waals surface area contributed by atoms with Crippen molar-refractivity contribution in [3.8, 4) is 0 Å². The summed E-state index contributed by atoms with van der Waals surface area (Å²) >= 11 is 6.09. The van der Waals surface area contributed by atoms with Gasteiger partial charge >= 0.3 is 0 Å². The molecule has 2 nitrogen and oxygen atoms in total. The van der Waals surface area contributed by atoms with Crippen molar-refractivity contribution in [2.75, 3.05) is 0 Å². The van der Waals surface area contributed by atoms with Gasteiger partial charge in [-0.15, -0.1) is 11.6 Å². The van der Waals surface area contributed by atoms with E-state index in [1.54, 1.807) is 6.26 Å². The molecule has 3 heteroatoms. The van der Waals surface area contributed by atoms with Crippen molar-refractivity contribution in [2.45, 2.75) is 5.38 Å². The van der Waals surface area contributed by atoms with Crippen LogP contribution in [0, 0.1) is 0 Å². The third kappa shape index (κ3) is 1.25. The summed E-state index contributed by atoms with van der Waals surface area (Å²) in [7, 11) is 0. The molecule has 1 N–H and O–H groups in total. The number of aromatic amines is 1. The van der Waals surface area contributed by atoms with Gasteiger partial charge in [-0.25, -0.2) is 0 Å². The van der Waals surface area contributed by atoms with Crippen molar-refractivity contribution < 1.29 is 4.42 Å². The molecule has 0 saturated carbocycles. The Labute approximate surface area is 75.2 Å². The molecule has 0 spiro atoms. The summed E-state index contributed by atoms with van der Waals surface area (Å²) in [5.74, 6) is 0.763. The molecule has 2 aromatic rings. The van der Waals surface area contributed by atoms with Gasteiger partial charge in [0.05, 0.1) is 6.26 Å². The lowest BCUT2D eigenvalue weighted by Gasteiger charge is -2.02. The van der Waals surface area contributed by atoms with Gasteiger partial charge < -0.3 is 9.40 Å². The second kappa shape index (κ2) is 3.07. The molecule has 0 aliphatic heterocycles. The highest BCUT2D eigenvalue weighted by Gasteiger charge is 2.13. The number of furan rings is 1. The van der Waals surface area contributed by atoms with E-state index in [9.17, 15) is 0 Å². The van der Waals surface area contributed by atoms with E-state index >= 15 is 0 Å². The third-order valence-corrected chi connectivity index (χ3v) is 2.14. The summed E-state index contributed by atoms with van der Waals surface area (Å²) in [5.41, 5.74) is 0.951. The molecule has 2 rings (SSSR count). The Kier molecular flexibility index (Phi) is 1.92. The van der Waals surface area contributed by atoms with Crippen molar-refractivity contribution in [3.05, 3.63) is 48.2 Å². The van der Waals surface area contributed by atoms with Gasteiger partial charge in [0.2, 0.25) is 0 Å². The average molecular weight is 182 g/mol. The molecule has 0 fully saturated rings. The molecule has 0 amide bonds. The first kappa shape index (κ1) is 7.50. The fourth-order valence-electron chi connectivity index (χ4n) is 1.09. The molecule has 2 heterocycles. The van der Waals surface area contributed by atoms with Crippen LogP contribution in [-0.4, -0.2) is 4.98 Å². The Morgan fingerprint density at radius 3 is 2.83 bits per heavy atom. The monoisotopic (exact) mass is 181 g/mol. The van der Waals surface area contributed by atoms with Crippen LogP contribution in [0.25, 0.3) is 0 Å². The number of aromatic nitrogens is 1. The van der Waals surface area contributed by atoms with Gasteiger partial charge in [-0.1, -0.05) is 0 Å². The fourth-order valence-corrected chi connectivity index (χ4v) is 1.35. The molecule has 0 aromatic carbocycles. The number of nitrogens with one attached hydrogen (secondary N) is 1. The SMILES string of the molecule is ClC(c1ccc[nH]1)c1ccco1. The maximum atomic E-state index is 6.09. The molecule has 0 saturated heterocycles. The highest BCUT2D eigenvalue weighted by molar-refractivity contribution is 6.22. The van der Waals surface area contributed by atoms with Crippen molar-refractivity contribution in [1.29, 1.82) is 0 Å². The first-order chi connectivity index (χ1) is 5.88. The van der Waals surface area contributed by atoms with E-state index in [4.69, 9.17) is 16.0 Å². The van der Waals surface area contributed by atoms with E-state index in [-0.39, 0.29) is 5.38 Å². The minimum atomic E-state index is -0.213. The summed E-state index contributed by atoms with van der Waals surface area (Å²) in [6.07, 6.45) is 3.46. The molecule has 12 heavy (non-hydrogen) atoms. The molecule has 1 unspecified atom stereocenters. The van der Waals surface area contributed by atoms with E-state index in [0.717, 1.165) is 11.5 Å². The second-order valence-corrected chi connectivity index (χ2v) is 2.94. The Morgan fingerprint density at radius 1 is 1.33 bits per heavy atom. The lowest BCUT2D eigenvalue weighted by Crippen LogP contribution is -1.89. The lowest BCUT2D eigenvalue weighted by atomic mass is 10.2. The first-order valence-electron chi connectivity index (χ1n) is 3.68.